The molecule has 4 nitrogen and oxygen atoms in total. The quantitative estimate of drug-likeness (QED) is 0.0655. The molecule has 350 valence electrons. The maximum atomic E-state index is 12.4. The Hall–Kier alpha value is -8.21. The molecule has 0 spiro atoms. The second-order valence-corrected chi connectivity index (χ2v) is 19.4. The van der Waals surface area contributed by atoms with E-state index in [0.717, 1.165) is 65.4 Å². The van der Waals surface area contributed by atoms with Gasteiger partial charge in [0.15, 0.2) is 0 Å². The van der Waals surface area contributed by atoms with E-state index in [-0.39, 0.29) is 5.41 Å². The van der Waals surface area contributed by atoms with E-state index in [2.05, 4.69) is 237 Å². The molecule has 0 N–H and O–H groups in total. The van der Waals surface area contributed by atoms with Crippen LogP contribution in [0.5, 0.6) is 5.75 Å². The molecule has 71 heavy (non-hydrogen) atoms. The van der Waals surface area contributed by atoms with E-state index in [0.29, 0.717) is 17.2 Å². The Morgan fingerprint density at radius 1 is 0.437 bits per heavy atom. The molecule has 0 bridgehead atoms. The molecule has 0 unspecified atom stereocenters. The van der Waals surface area contributed by atoms with Gasteiger partial charge in [-0.15, -0.1) is 0 Å². The van der Waals surface area contributed by atoms with E-state index in [9.17, 15) is 4.79 Å². The minimum absolute atomic E-state index is 0.192. The van der Waals surface area contributed by atoms with Crippen LogP contribution >= 0.6 is 0 Å². The third-order valence-corrected chi connectivity index (χ3v) is 14.4. The van der Waals surface area contributed by atoms with Crippen molar-refractivity contribution < 1.29 is 9.53 Å². The second kappa shape index (κ2) is 20.4. The highest BCUT2D eigenvalue weighted by Gasteiger charge is 2.39. The number of hydrogen-bond donors (Lipinski definition) is 0. The van der Waals surface area contributed by atoms with Gasteiger partial charge in [-0.25, -0.2) is 4.79 Å². The van der Waals surface area contributed by atoms with E-state index >= 15 is 0 Å². The average molecular weight is 925 g/mol. The molecule has 1 aliphatic carbocycles. The van der Waals surface area contributed by atoms with Gasteiger partial charge in [-0.2, -0.15) is 0 Å². The topological polar surface area (TPSA) is 32.8 Å². The SMILES string of the molecule is C=C(C)C(=O)Oc1ccc(N(c2ccc(-c3ccc(C)cc3)cc2)c2ccc(C3(c4ccc(N(c5ccc(C)cc5)c5ccc(-c6ccc(C)cc6)cc5)cc4)CCC(c4ccccc4)CC3)cc2)cc1. The molecule has 0 aliphatic heterocycles. The van der Waals surface area contributed by atoms with E-state index < -0.39 is 5.97 Å². The number of hydrogen-bond acceptors (Lipinski definition) is 4. The van der Waals surface area contributed by atoms with Crippen molar-refractivity contribution in [2.24, 2.45) is 0 Å². The first kappa shape index (κ1) is 46.5. The minimum Gasteiger partial charge on any atom is -0.423 e. The standard InChI is InChI=1S/C67H60N2O2/c1-47(2)66(70)71-65-41-39-64(40-42-65)69(61-33-23-55(24-34-61)53-19-13-49(4)14-20-53)63-37-27-58(28-38-63)67(45-43-56(44-46-67)51-9-7-6-8-10-51)57-25-35-62(36-26-57)68(59-29-15-50(5)16-30-59)60-31-21-54(22-32-60)52-17-11-48(3)12-18-52/h6-42,56H,1,43-46H2,2-5H3. The number of benzene rings is 9. The monoisotopic (exact) mass is 924 g/mol. The smallest absolute Gasteiger partial charge is 0.338 e. The summed E-state index contributed by atoms with van der Waals surface area (Å²) in [5, 5.41) is 0. The summed E-state index contributed by atoms with van der Waals surface area (Å²) in [6.07, 6.45) is 4.25. The number of rotatable bonds is 13. The van der Waals surface area contributed by atoms with E-state index in [1.54, 1.807) is 6.92 Å². The summed E-state index contributed by atoms with van der Waals surface area (Å²) in [6.45, 7) is 11.8. The summed E-state index contributed by atoms with van der Waals surface area (Å²) >= 11 is 0. The molecule has 0 amide bonds. The lowest BCUT2D eigenvalue weighted by Crippen LogP contribution is -2.32. The molecule has 1 fully saturated rings. The van der Waals surface area contributed by atoms with Crippen LogP contribution in [0.4, 0.5) is 34.1 Å². The van der Waals surface area contributed by atoms with E-state index in [1.807, 2.05) is 24.3 Å². The first-order valence-corrected chi connectivity index (χ1v) is 24.9. The fourth-order valence-corrected chi connectivity index (χ4v) is 10.3. The first-order valence-electron chi connectivity index (χ1n) is 24.9. The third kappa shape index (κ3) is 10.1. The summed E-state index contributed by atoms with van der Waals surface area (Å²) in [5.41, 5.74) is 19.1. The highest BCUT2D eigenvalue weighted by Crippen LogP contribution is 2.50. The number of esters is 1. The van der Waals surface area contributed by atoms with Gasteiger partial charge in [0.2, 0.25) is 0 Å². The number of ether oxygens (including phenoxy) is 1. The first-order chi connectivity index (χ1) is 34.6. The number of nitrogens with zero attached hydrogens (tertiary/aromatic N) is 2. The predicted molar refractivity (Wildman–Crippen MR) is 296 cm³/mol. The largest absolute Gasteiger partial charge is 0.423 e. The number of carbonyl (C=O) groups is 1. The summed E-state index contributed by atoms with van der Waals surface area (Å²) in [5.74, 6) is 0.549. The Kier molecular flexibility index (Phi) is 13.4. The zero-order valence-electron chi connectivity index (χ0n) is 41.2. The van der Waals surface area contributed by atoms with Crippen LogP contribution in [0, 0.1) is 20.8 Å². The van der Waals surface area contributed by atoms with Crippen molar-refractivity contribution in [3.05, 3.63) is 270 Å². The fraction of sp³-hybridized carbons (Fsp3) is 0.149. The zero-order chi connectivity index (χ0) is 48.9. The molecule has 0 aromatic heterocycles. The van der Waals surface area contributed by atoms with Crippen LogP contribution in [-0.4, -0.2) is 5.97 Å². The molecule has 10 rings (SSSR count). The van der Waals surface area contributed by atoms with Crippen molar-refractivity contribution in [2.75, 3.05) is 9.80 Å². The third-order valence-electron chi connectivity index (χ3n) is 14.4. The van der Waals surface area contributed by atoms with Gasteiger partial charge in [0.05, 0.1) is 0 Å². The van der Waals surface area contributed by atoms with Crippen molar-refractivity contribution >= 4 is 40.1 Å². The Bertz CT molecular complexity index is 3220. The van der Waals surface area contributed by atoms with Crippen LogP contribution in [0.25, 0.3) is 22.3 Å². The van der Waals surface area contributed by atoms with Crippen LogP contribution in [0.15, 0.2) is 237 Å². The lowest BCUT2D eigenvalue weighted by molar-refractivity contribution is -0.130. The summed E-state index contributed by atoms with van der Waals surface area (Å²) in [4.78, 5) is 17.1. The van der Waals surface area contributed by atoms with Crippen molar-refractivity contribution in [1.82, 2.24) is 0 Å². The van der Waals surface area contributed by atoms with Gasteiger partial charge in [0.25, 0.3) is 0 Å². The van der Waals surface area contributed by atoms with Crippen LogP contribution in [0.2, 0.25) is 0 Å². The van der Waals surface area contributed by atoms with E-state index in [4.69, 9.17) is 4.74 Å². The zero-order valence-corrected chi connectivity index (χ0v) is 41.2. The highest BCUT2D eigenvalue weighted by molar-refractivity contribution is 5.89. The molecule has 0 atom stereocenters. The number of carbonyl (C=O) groups excluding carboxylic acids is 1. The number of aryl methyl sites for hydroxylation is 3. The molecule has 0 radical (unpaired) electrons. The normalized spacial score (nSPS) is 15.4. The molecule has 9 aromatic rings. The molecule has 1 aliphatic rings. The predicted octanol–water partition coefficient (Wildman–Crippen LogP) is 18.0. The summed E-state index contributed by atoms with van der Waals surface area (Å²) in [6, 6.07) is 81.4. The van der Waals surface area contributed by atoms with Crippen LogP contribution in [-0.2, 0) is 10.2 Å². The second-order valence-electron chi connectivity index (χ2n) is 19.4. The van der Waals surface area contributed by atoms with Gasteiger partial charge in [-0.3, -0.25) is 0 Å². The Morgan fingerprint density at radius 2 is 0.746 bits per heavy atom. The van der Waals surface area contributed by atoms with Crippen molar-refractivity contribution in [1.29, 1.82) is 0 Å². The van der Waals surface area contributed by atoms with Gasteiger partial charge in [0.1, 0.15) is 5.75 Å². The fourth-order valence-electron chi connectivity index (χ4n) is 10.3. The Balaban J connectivity index is 1.01. The molecule has 4 heteroatoms. The van der Waals surface area contributed by atoms with Crippen molar-refractivity contribution in [3.63, 3.8) is 0 Å². The van der Waals surface area contributed by atoms with Crippen molar-refractivity contribution in [3.8, 4) is 28.0 Å². The van der Waals surface area contributed by atoms with Gasteiger partial charge in [0, 0.05) is 45.1 Å². The molecular weight excluding hydrogens is 865 g/mol. The average Bonchev–Trinajstić information content (AvgIpc) is 3.41. The Morgan fingerprint density at radius 3 is 1.11 bits per heavy atom. The highest BCUT2D eigenvalue weighted by atomic mass is 16.5. The maximum absolute atomic E-state index is 12.4. The Labute approximate surface area is 420 Å². The molecule has 9 aromatic carbocycles. The molecule has 1 saturated carbocycles. The van der Waals surface area contributed by atoms with Gasteiger partial charge in [-0.05, 0) is 183 Å². The molecular formula is C67H60N2O2. The van der Waals surface area contributed by atoms with Crippen LogP contribution < -0.4 is 14.5 Å². The minimum atomic E-state index is -0.439. The molecule has 0 saturated heterocycles. The van der Waals surface area contributed by atoms with Crippen LogP contribution in [0.3, 0.4) is 0 Å². The summed E-state index contributed by atoms with van der Waals surface area (Å²) in [7, 11) is 0. The molecule has 0 heterocycles. The summed E-state index contributed by atoms with van der Waals surface area (Å²) < 4.78 is 5.60. The van der Waals surface area contributed by atoms with Gasteiger partial charge >= 0.3 is 5.97 Å². The van der Waals surface area contributed by atoms with E-state index in [1.165, 1.54) is 50.1 Å². The van der Waals surface area contributed by atoms with Gasteiger partial charge < -0.3 is 14.5 Å². The van der Waals surface area contributed by atoms with Crippen molar-refractivity contribution in [2.45, 2.75) is 64.7 Å². The lowest BCUT2D eigenvalue weighted by atomic mass is 9.62. The lowest BCUT2D eigenvalue weighted by Gasteiger charge is -2.42. The van der Waals surface area contributed by atoms with Gasteiger partial charge in [-0.1, -0.05) is 163 Å². The maximum Gasteiger partial charge on any atom is 0.338 e. The number of anilines is 6. The van der Waals surface area contributed by atoms with Crippen LogP contribution in [0.1, 0.15) is 71.9 Å².